The smallest absolute Gasteiger partial charge is 0.149 e. The molecule has 0 unspecified atom stereocenters. The normalized spacial score (nSPS) is 11.4. The van der Waals surface area contributed by atoms with Crippen LogP contribution < -0.4 is 5.73 Å². The summed E-state index contributed by atoms with van der Waals surface area (Å²) >= 11 is 0. The minimum atomic E-state index is 0.353. The van der Waals surface area contributed by atoms with Crippen LogP contribution in [0.15, 0.2) is 12.3 Å². The van der Waals surface area contributed by atoms with E-state index in [0.29, 0.717) is 11.9 Å². The number of fused-ring (bicyclic) bond motifs is 1. The Labute approximate surface area is 82.8 Å². The van der Waals surface area contributed by atoms with E-state index in [9.17, 15) is 0 Å². The minimum Gasteiger partial charge on any atom is -0.382 e. The SMILES string of the molecule is Cc1nc2ccnc(N)c2n1C(C)C. The van der Waals surface area contributed by atoms with Crippen molar-refractivity contribution in [2.24, 2.45) is 0 Å². The highest BCUT2D eigenvalue weighted by atomic mass is 15.1. The van der Waals surface area contributed by atoms with Gasteiger partial charge in [0, 0.05) is 12.2 Å². The van der Waals surface area contributed by atoms with Gasteiger partial charge in [-0.1, -0.05) is 0 Å². The maximum absolute atomic E-state index is 5.84. The Morgan fingerprint density at radius 2 is 2.14 bits per heavy atom. The van der Waals surface area contributed by atoms with Crippen LogP contribution in [0.4, 0.5) is 5.82 Å². The van der Waals surface area contributed by atoms with Crippen molar-refractivity contribution < 1.29 is 0 Å². The molecule has 2 N–H and O–H groups in total. The van der Waals surface area contributed by atoms with Crippen molar-refractivity contribution in [1.82, 2.24) is 14.5 Å². The third-order valence-corrected chi connectivity index (χ3v) is 2.32. The molecule has 4 nitrogen and oxygen atoms in total. The molecule has 0 spiro atoms. The molecule has 4 heteroatoms. The van der Waals surface area contributed by atoms with Crippen LogP contribution in [0.5, 0.6) is 0 Å². The zero-order valence-electron chi connectivity index (χ0n) is 8.65. The molecular formula is C10H14N4. The lowest BCUT2D eigenvalue weighted by molar-refractivity contribution is 0.600. The Bertz CT molecular complexity index is 470. The average Bonchev–Trinajstić information content (AvgIpc) is 2.42. The summed E-state index contributed by atoms with van der Waals surface area (Å²) in [6.45, 7) is 6.21. The van der Waals surface area contributed by atoms with Crippen molar-refractivity contribution in [3.05, 3.63) is 18.1 Å². The van der Waals surface area contributed by atoms with Gasteiger partial charge in [0.2, 0.25) is 0 Å². The summed E-state index contributed by atoms with van der Waals surface area (Å²) in [4.78, 5) is 8.52. The van der Waals surface area contributed by atoms with Gasteiger partial charge in [-0.3, -0.25) is 0 Å². The Kier molecular flexibility index (Phi) is 1.91. The summed E-state index contributed by atoms with van der Waals surface area (Å²) in [6, 6.07) is 2.24. The maximum Gasteiger partial charge on any atom is 0.149 e. The number of rotatable bonds is 1. The fourth-order valence-corrected chi connectivity index (χ4v) is 1.82. The van der Waals surface area contributed by atoms with Gasteiger partial charge in [0.15, 0.2) is 0 Å². The molecule has 2 heterocycles. The third kappa shape index (κ3) is 1.14. The lowest BCUT2D eigenvalue weighted by Crippen LogP contribution is -2.05. The molecule has 0 amide bonds. The summed E-state index contributed by atoms with van der Waals surface area (Å²) in [5, 5.41) is 0. The Morgan fingerprint density at radius 3 is 2.79 bits per heavy atom. The number of nitrogens with two attached hydrogens (primary N) is 1. The number of pyridine rings is 1. The van der Waals surface area contributed by atoms with Gasteiger partial charge in [-0.15, -0.1) is 0 Å². The number of aromatic nitrogens is 3. The fourth-order valence-electron chi connectivity index (χ4n) is 1.82. The zero-order valence-corrected chi connectivity index (χ0v) is 8.65. The molecule has 2 aromatic rings. The highest BCUT2D eigenvalue weighted by molar-refractivity contribution is 5.85. The van der Waals surface area contributed by atoms with Crippen molar-refractivity contribution in [2.75, 3.05) is 5.73 Å². The molecule has 14 heavy (non-hydrogen) atoms. The van der Waals surface area contributed by atoms with Gasteiger partial charge in [-0.05, 0) is 26.8 Å². The summed E-state index contributed by atoms with van der Waals surface area (Å²) < 4.78 is 2.11. The van der Waals surface area contributed by atoms with Crippen molar-refractivity contribution >= 4 is 16.9 Å². The van der Waals surface area contributed by atoms with E-state index in [4.69, 9.17) is 5.73 Å². The van der Waals surface area contributed by atoms with Gasteiger partial charge in [-0.2, -0.15) is 0 Å². The summed E-state index contributed by atoms with van der Waals surface area (Å²) in [5.74, 6) is 1.53. The number of nitrogens with zero attached hydrogens (tertiary/aromatic N) is 3. The standard InChI is InChI=1S/C10H14N4/c1-6(2)14-7(3)13-8-4-5-12-10(11)9(8)14/h4-6H,1-3H3,(H2,11,12). The van der Waals surface area contributed by atoms with E-state index in [1.54, 1.807) is 6.20 Å². The van der Waals surface area contributed by atoms with Gasteiger partial charge in [0.1, 0.15) is 17.2 Å². The number of hydrogen-bond acceptors (Lipinski definition) is 3. The number of anilines is 1. The lowest BCUT2D eigenvalue weighted by atomic mass is 10.3. The molecule has 0 radical (unpaired) electrons. The van der Waals surface area contributed by atoms with E-state index in [0.717, 1.165) is 16.9 Å². The molecule has 0 aliphatic rings. The second-order valence-electron chi connectivity index (χ2n) is 3.69. The lowest BCUT2D eigenvalue weighted by Gasteiger charge is -2.11. The number of aryl methyl sites for hydroxylation is 1. The quantitative estimate of drug-likeness (QED) is 0.747. The van der Waals surface area contributed by atoms with Crippen LogP contribution in [-0.4, -0.2) is 14.5 Å². The Morgan fingerprint density at radius 1 is 1.43 bits per heavy atom. The first-order chi connectivity index (χ1) is 6.61. The zero-order chi connectivity index (χ0) is 10.3. The van der Waals surface area contributed by atoms with Crippen molar-refractivity contribution in [1.29, 1.82) is 0 Å². The molecule has 0 bridgehead atoms. The monoisotopic (exact) mass is 190 g/mol. The molecule has 0 aliphatic carbocycles. The van der Waals surface area contributed by atoms with Crippen LogP contribution in [0.1, 0.15) is 25.7 Å². The van der Waals surface area contributed by atoms with Gasteiger partial charge < -0.3 is 10.3 Å². The predicted octanol–water partition coefficient (Wildman–Crippen LogP) is 1.90. The molecule has 0 saturated heterocycles. The molecule has 0 aliphatic heterocycles. The van der Waals surface area contributed by atoms with E-state index < -0.39 is 0 Å². The van der Waals surface area contributed by atoms with E-state index in [-0.39, 0.29) is 0 Å². The Hall–Kier alpha value is -1.58. The second kappa shape index (κ2) is 2.97. The third-order valence-electron chi connectivity index (χ3n) is 2.32. The molecule has 2 aromatic heterocycles. The van der Waals surface area contributed by atoms with Crippen LogP contribution in [0.3, 0.4) is 0 Å². The van der Waals surface area contributed by atoms with E-state index in [2.05, 4.69) is 28.4 Å². The number of hydrogen-bond donors (Lipinski definition) is 1. The topological polar surface area (TPSA) is 56.7 Å². The van der Waals surface area contributed by atoms with E-state index in [1.165, 1.54) is 0 Å². The Balaban J connectivity index is 2.86. The number of imidazole rings is 1. The molecule has 0 atom stereocenters. The first kappa shape index (κ1) is 8.99. The molecule has 74 valence electrons. The first-order valence-electron chi connectivity index (χ1n) is 4.70. The van der Waals surface area contributed by atoms with Gasteiger partial charge >= 0.3 is 0 Å². The van der Waals surface area contributed by atoms with Crippen molar-refractivity contribution in [3.63, 3.8) is 0 Å². The van der Waals surface area contributed by atoms with Crippen LogP contribution in [-0.2, 0) is 0 Å². The average molecular weight is 190 g/mol. The van der Waals surface area contributed by atoms with Crippen LogP contribution in [0, 0.1) is 6.92 Å². The van der Waals surface area contributed by atoms with E-state index in [1.807, 2.05) is 13.0 Å². The van der Waals surface area contributed by atoms with Crippen LogP contribution >= 0.6 is 0 Å². The second-order valence-corrected chi connectivity index (χ2v) is 3.69. The van der Waals surface area contributed by atoms with Gasteiger partial charge in [0.25, 0.3) is 0 Å². The summed E-state index contributed by atoms with van der Waals surface area (Å²) in [5.41, 5.74) is 7.70. The highest BCUT2D eigenvalue weighted by Gasteiger charge is 2.12. The highest BCUT2D eigenvalue weighted by Crippen LogP contribution is 2.23. The first-order valence-corrected chi connectivity index (χ1v) is 4.70. The fraction of sp³-hybridized carbons (Fsp3) is 0.400. The summed E-state index contributed by atoms with van der Waals surface area (Å²) in [7, 11) is 0. The largest absolute Gasteiger partial charge is 0.382 e. The minimum absolute atomic E-state index is 0.353. The molecule has 0 aromatic carbocycles. The van der Waals surface area contributed by atoms with Crippen molar-refractivity contribution in [2.45, 2.75) is 26.8 Å². The molecule has 0 saturated carbocycles. The van der Waals surface area contributed by atoms with Gasteiger partial charge in [0.05, 0.1) is 5.52 Å². The molecular weight excluding hydrogens is 176 g/mol. The maximum atomic E-state index is 5.84. The van der Waals surface area contributed by atoms with Crippen LogP contribution in [0.25, 0.3) is 11.0 Å². The molecule has 0 fully saturated rings. The predicted molar refractivity (Wildman–Crippen MR) is 57.1 cm³/mol. The van der Waals surface area contributed by atoms with Crippen molar-refractivity contribution in [3.8, 4) is 0 Å². The number of nitrogen functional groups attached to an aromatic ring is 1. The van der Waals surface area contributed by atoms with Crippen LogP contribution in [0.2, 0.25) is 0 Å². The summed E-state index contributed by atoms with van der Waals surface area (Å²) in [6.07, 6.45) is 1.69. The molecule has 2 rings (SSSR count). The van der Waals surface area contributed by atoms with Gasteiger partial charge in [-0.25, -0.2) is 9.97 Å². The van der Waals surface area contributed by atoms with E-state index >= 15 is 0 Å².